The van der Waals surface area contributed by atoms with Crippen LogP contribution in [0.3, 0.4) is 0 Å². The average molecular weight is 483 g/mol. The van der Waals surface area contributed by atoms with Gasteiger partial charge in [-0.05, 0) is 73.0 Å². The molecule has 0 bridgehead atoms. The van der Waals surface area contributed by atoms with Crippen LogP contribution in [-0.2, 0) is 13.1 Å². The molecule has 9 heteroatoms. The van der Waals surface area contributed by atoms with Gasteiger partial charge in [0.1, 0.15) is 5.75 Å². The lowest BCUT2D eigenvalue weighted by molar-refractivity contribution is 0.118. The molecule has 1 aromatic heterocycles. The molecular weight excluding hydrogens is 452 g/mol. The van der Waals surface area contributed by atoms with E-state index in [0.29, 0.717) is 17.9 Å². The summed E-state index contributed by atoms with van der Waals surface area (Å²) in [7, 11) is 3.82. The van der Waals surface area contributed by atoms with Crippen LogP contribution in [-0.4, -0.2) is 77.1 Å². The molecule has 0 N–H and O–H groups in total. The third-order valence-electron chi connectivity index (χ3n) is 5.77. The first kappa shape index (κ1) is 23.7. The van der Waals surface area contributed by atoms with Crippen molar-refractivity contribution in [2.45, 2.75) is 18.0 Å². The number of ether oxygens (including phenoxy) is 1. The van der Waals surface area contributed by atoms with E-state index < -0.39 is 0 Å². The summed E-state index contributed by atoms with van der Waals surface area (Å²) in [6, 6.07) is 16.4. The Labute approximate surface area is 204 Å². The number of piperazine rings is 1. The Morgan fingerprint density at radius 1 is 1.06 bits per heavy atom. The van der Waals surface area contributed by atoms with Crippen molar-refractivity contribution in [3.05, 3.63) is 70.3 Å². The first-order chi connectivity index (χ1) is 16.1. The molecule has 0 atom stereocenters. The number of hydrogen-bond donors (Lipinski definition) is 0. The van der Waals surface area contributed by atoms with E-state index in [0.717, 1.165) is 43.3 Å². The molecule has 0 unspecified atom stereocenters. The van der Waals surface area contributed by atoms with Crippen LogP contribution in [0.5, 0.6) is 5.75 Å². The number of thioether (sulfide) groups is 1. The molecule has 0 aliphatic carbocycles. The highest BCUT2D eigenvalue weighted by Gasteiger charge is 2.17. The quantitative estimate of drug-likeness (QED) is 0.276. The maximum Gasteiger partial charge on any atom is 0.220 e. The number of hydrogen-bond acceptors (Lipinski definition) is 7. The predicted octanol–water partition coefficient (Wildman–Crippen LogP) is 3.82. The van der Waals surface area contributed by atoms with Gasteiger partial charge in [0, 0.05) is 37.5 Å². The van der Waals surface area contributed by atoms with Gasteiger partial charge in [0.2, 0.25) is 4.77 Å². The molecule has 174 valence electrons. The number of aromatic nitrogens is 3. The van der Waals surface area contributed by atoms with E-state index in [9.17, 15) is 0 Å². The second-order valence-electron chi connectivity index (χ2n) is 8.12. The van der Waals surface area contributed by atoms with Gasteiger partial charge in [0.05, 0.1) is 20.0 Å². The van der Waals surface area contributed by atoms with Gasteiger partial charge >= 0.3 is 0 Å². The molecule has 3 aromatic rings. The molecule has 33 heavy (non-hydrogen) atoms. The molecule has 1 saturated heterocycles. The van der Waals surface area contributed by atoms with Gasteiger partial charge in [0.15, 0.2) is 5.82 Å². The average Bonchev–Trinajstić information content (AvgIpc) is 3.13. The Hall–Kier alpha value is -2.46. The summed E-state index contributed by atoms with van der Waals surface area (Å²) in [4.78, 5) is 5.97. The summed E-state index contributed by atoms with van der Waals surface area (Å²) in [5, 5.41) is 9.60. The maximum absolute atomic E-state index is 5.80. The Kier molecular flexibility index (Phi) is 7.97. The molecule has 1 aliphatic rings. The highest BCUT2D eigenvalue weighted by Crippen LogP contribution is 2.17. The van der Waals surface area contributed by atoms with Crippen molar-refractivity contribution in [1.82, 2.24) is 24.3 Å². The molecular formula is C24H30N6OS2. The molecule has 0 radical (unpaired) electrons. The minimum absolute atomic E-state index is 0.606. The van der Waals surface area contributed by atoms with Crippen molar-refractivity contribution in [3.63, 3.8) is 0 Å². The summed E-state index contributed by atoms with van der Waals surface area (Å²) >= 11 is 7.54. The van der Waals surface area contributed by atoms with E-state index in [1.54, 1.807) is 23.5 Å². The molecule has 1 aliphatic heterocycles. The van der Waals surface area contributed by atoms with Gasteiger partial charge in [-0.2, -0.15) is 14.9 Å². The fourth-order valence-corrected chi connectivity index (χ4v) is 4.34. The monoisotopic (exact) mass is 482 g/mol. The van der Waals surface area contributed by atoms with Crippen molar-refractivity contribution < 1.29 is 4.74 Å². The van der Waals surface area contributed by atoms with Crippen LogP contribution in [0.2, 0.25) is 0 Å². The molecule has 1 fully saturated rings. The van der Waals surface area contributed by atoms with Crippen LogP contribution < -0.4 is 4.74 Å². The Bertz CT molecular complexity index is 1130. The zero-order valence-corrected chi connectivity index (χ0v) is 21.0. The van der Waals surface area contributed by atoms with Crippen molar-refractivity contribution in [3.8, 4) is 5.75 Å². The summed E-state index contributed by atoms with van der Waals surface area (Å²) in [6.07, 6.45) is 4.56. The van der Waals surface area contributed by atoms with E-state index in [-0.39, 0.29) is 0 Å². The van der Waals surface area contributed by atoms with Crippen LogP contribution in [0.15, 0.2) is 58.5 Å². The lowest BCUT2D eigenvalue weighted by atomic mass is 10.1. The molecule has 2 heterocycles. The molecule has 7 nitrogen and oxygen atoms in total. The lowest BCUT2D eigenvalue weighted by Crippen LogP contribution is -2.45. The minimum atomic E-state index is 0.606. The number of benzene rings is 2. The third kappa shape index (κ3) is 6.11. The second-order valence-corrected chi connectivity index (χ2v) is 9.36. The summed E-state index contributed by atoms with van der Waals surface area (Å²) in [5.41, 5.74) is 2.15. The van der Waals surface area contributed by atoms with Gasteiger partial charge in [-0.1, -0.05) is 12.1 Å². The first-order valence-electron chi connectivity index (χ1n) is 11.0. The SMILES string of the molecule is COc1ccc(/C=N/n2c(Cc3ccc(SC)cc3)nn(CN3CCN(C)CC3)c2=S)cc1. The predicted molar refractivity (Wildman–Crippen MR) is 137 cm³/mol. The smallest absolute Gasteiger partial charge is 0.220 e. The van der Waals surface area contributed by atoms with Crippen LogP contribution in [0, 0.1) is 4.77 Å². The fourth-order valence-electron chi connectivity index (χ4n) is 3.68. The second kappa shape index (κ2) is 11.1. The Balaban J connectivity index is 1.61. The standard InChI is InChI=1S/C24H30N6OS2/c1-27-12-14-28(15-13-27)18-29-24(32)30(25-17-20-4-8-21(31-2)9-5-20)23(26-29)16-19-6-10-22(33-3)11-7-19/h4-11,17H,12-16,18H2,1-3H3/b25-17+. The Morgan fingerprint density at radius 3 is 2.39 bits per heavy atom. The highest BCUT2D eigenvalue weighted by atomic mass is 32.2. The normalized spacial score (nSPS) is 15.4. The maximum atomic E-state index is 5.80. The number of nitrogens with zero attached hydrogens (tertiary/aromatic N) is 6. The molecule has 0 amide bonds. The van der Waals surface area contributed by atoms with Gasteiger partial charge in [-0.25, -0.2) is 4.68 Å². The fraction of sp³-hybridized carbons (Fsp3) is 0.375. The van der Waals surface area contributed by atoms with E-state index in [1.807, 2.05) is 35.2 Å². The molecule has 0 saturated carbocycles. The van der Waals surface area contributed by atoms with Crippen molar-refractivity contribution >= 4 is 30.2 Å². The summed E-state index contributed by atoms with van der Waals surface area (Å²) in [5.74, 6) is 1.65. The van der Waals surface area contributed by atoms with Crippen LogP contribution in [0.25, 0.3) is 0 Å². The zero-order chi connectivity index (χ0) is 23.2. The first-order valence-corrected chi connectivity index (χ1v) is 12.6. The van der Waals surface area contributed by atoms with E-state index in [1.165, 1.54) is 10.5 Å². The van der Waals surface area contributed by atoms with E-state index >= 15 is 0 Å². The topological polar surface area (TPSA) is 50.8 Å². The van der Waals surface area contributed by atoms with Gasteiger partial charge in [-0.3, -0.25) is 4.90 Å². The van der Waals surface area contributed by atoms with E-state index in [4.69, 9.17) is 27.2 Å². The number of likely N-dealkylation sites (N-methyl/N-ethyl adjacent to an activating group) is 1. The third-order valence-corrected chi connectivity index (χ3v) is 6.90. The highest BCUT2D eigenvalue weighted by molar-refractivity contribution is 7.98. The van der Waals surface area contributed by atoms with Crippen molar-refractivity contribution in [2.24, 2.45) is 5.10 Å². The van der Waals surface area contributed by atoms with Gasteiger partial charge < -0.3 is 9.64 Å². The number of rotatable bonds is 8. The molecule has 4 rings (SSSR count). The van der Waals surface area contributed by atoms with Gasteiger partial charge in [-0.15, -0.1) is 11.8 Å². The van der Waals surface area contributed by atoms with Crippen LogP contribution >= 0.6 is 24.0 Å². The van der Waals surface area contributed by atoms with Crippen molar-refractivity contribution in [2.75, 3.05) is 46.6 Å². The zero-order valence-electron chi connectivity index (χ0n) is 19.3. The summed E-state index contributed by atoms with van der Waals surface area (Å²) < 4.78 is 9.54. The minimum Gasteiger partial charge on any atom is -0.497 e. The number of methoxy groups -OCH3 is 1. The van der Waals surface area contributed by atoms with Crippen LogP contribution in [0.1, 0.15) is 17.0 Å². The van der Waals surface area contributed by atoms with Crippen molar-refractivity contribution in [1.29, 1.82) is 0 Å². The molecule has 0 spiro atoms. The molecule has 2 aromatic carbocycles. The summed E-state index contributed by atoms with van der Waals surface area (Å²) in [6.45, 7) is 4.80. The van der Waals surface area contributed by atoms with E-state index in [2.05, 4.69) is 47.4 Å². The largest absolute Gasteiger partial charge is 0.497 e. The van der Waals surface area contributed by atoms with Gasteiger partial charge in [0.25, 0.3) is 0 Å². The lowest BCUT2D eigenvalue weighted by Gasteiger charge is -2.31. The van der Waals surface area contributed by atoms with Crippen LogP contribution in [0.4, 0.5) is 0 Å². The Morgan fingerprint density at radius 2 is 1.76 bits per heavy atom.